The van der Waals surface area contributed by atoms with Gasteiger partial charge in [-0.25, -0.2) is 5.01 Å². The molecule has 1 aromatic rings. The Kier molecular flexibility index (Phi) is 3.55. The molecule has 1 aromatic heterocycles. The van der Waals surface area contributed by atoms with Crippen molar-refractivity contribution in [3.05, 3.63) is 29.6 Å². The van der Waals surface area contributed by atoms with Crippen LogP contribution in [-0.4, -0.2) is 16.5 Å². The van der Waals surface area contributed by atoms with Gasteiger partial charge in [-0.15, -0.1) is 6.42 Å². The van der Waals surface area contributed by atoms with Crippen LogP contribution in [0, 0.1) is 12.3 Å². The first-order chi connectivity index (χ1) is 7.81. The third-order valence-electron chi connectivity index (χ3n) is 3.11. The topological polar surface area (TPSA) is 42.2 Å². The van der Waals surface area contributed by atoms with Gasteiger partial charge >= 0.3 is 0 Å². The number of hydrazine groups is 1. The smallest absolute Gasteiger partial charge is 0.0506 e. The van der Waals surface area contributed by atoms with Gasteiger partial charge in [0.25, 0.3) is 0 Å². The fraction of sp³-hybridized carbons (Fsp3) is 0.462. The van der Waals surface area contributed by atoms with Crippen molar-refractivity contribution in [1.82, 2.24) is 9.99 Å². The van der Waals surface area contributed by atoms with Crippen molar-refractivity contribution < 1.29 is 0 Å². The Morgan fingerprint density at radius 2 is 2.25 bits per heavy atom. The number of rotatable bonds is 1. The molecule has 2 heterocycles. The number of terminal acetylenes is 1. The molecule has 16 heavy (non-hydrogen) atoms. The number of pyridine rings is 1. The van der Waals surface area contributed by atoms with Crippen LogP contribution >= 0.6 is 0 Å². The second-order valence-corrected chi connectivity index (χ2v) is 4.25. The Labute approximate surface area is 96.6 Å². The molecule has 0 bridgehead atoms. The first-order valence-electron chi connectivity index (χ1n) is 5.74. The van der Waals surface area contributed by atoms with E-state index in [2.05, 4.69) is 10.9 Å². The molecule has 2 N–H and O–H groups in total. The van der Waals surface area contributed by atoms with Gasteiger partial charge < -0.3 is 0 Å². The van der Waals surface area contributed by atoms with E-state index in [9.17, 15) is 0 Å². The lowest BCUT2D eigenvalue weighted by atomic mass is 10.0. The summed E-state index contributed by atoms with van der Waals surface area (Å²) in [6, 6.07) is 2.28. The summed E-state index contributed by atoms with van der Waals surface area (Å²) in [7, 11) is 0. The zero-order valence-corrected chi connectivity index (χ0v) is 9.39. The molecule has 1 aliphatic heterocycles. The molecule has 0 spiro atoms. The van der Waals surface area contributed by atoms with Gasteiger partial charge in [0, 0.05) is 24.5 Å². The largest absolute Gasteiger partial charge is 0.268 e. The summed E-state index contributed by atoms with van der Waals surface area (Å²) in [6.45, 7) is 0.949. The van der Waals surface area contributed by atoms with Gasteiger partial charge in [0.2, 0.25) is 0 Å². The van der Waals surface area contributed by atoms with Gasteiger partial charge in [0.1, 0.15) is 0 Å². The van der Waals surface area contributed by atoms with Crippen LogP contribution < -0.4 is 5.84 Å². The standard InChI is InChI=1S/C13H17N3/c1-2-11-8-12(10-15-9-11)13-6-4-3-5-7-16(13)14/h1,8-10,13H,3-7,14H2/t13-/m1/s1. The van der Waals surface area contributed by atoms with Gasteiger partial charge in [-0.05, 0) is 24.5 Å². The van der Waals surface area contributed by atoms with E-state index in [-0.39, 0.29) is 6.04 Å². The van der Waals surface area contributed by atoms with Crippen molar-refractivity contribution in [3.8, 4) is 12.3 Å². The summed E-state index contributed by atoms with van der Waals surface area (Å²) in [5.41, 5.74) is 1.97. The third-order valence-corrected chi connectivity index (χ3v) is 3.11. The normalized spacial score (nSPS) is 22.4. The molecule has 0 radical (unpaired) electrons. The molecule has 1 atom stereocenters. The molecule has 84 valence electrons. The summed E-state index contributed by atoms with van der Waals surface area (Å²) < 4.78 is 0. The first kappa shape index (κ1) is 11.1. The number of nitrogens with two attached hydrogens (primary N) is 1. The van der Waals surface area contributed by atoms with E-state index in [4.69, 9.17) is 12.3 Å². The number of hydrogen-bond donors (Lipinski definition) is 1. The summed E-state index contributed by atoms with van der Waals surface area (Å²) >= 11 is 0. The van der Waals surface area contributed by atoms with Crippen LogP contribution in [0.25, 0.3) is 0 Å². The molecular formula is C13H17N3. The SMILES string of the molecule is C#Cc1cncc([C@H]2CCCCCN2N)c1. The number of hydrogen-bond acceptors (Lipinski definition) is 3. The van der Waals surface area contributed by atoms with Crippen molar-refractivity contribution in [1.29, 1.82) is 0 Å². The number of aromatic nitrogens is 1. The highest BCUT2D eigenvalue weighted by Gasteiger charge is 2.20. The third kappa shape index (κ3) is 2.41. The van der Waals surface area contributed by atoms with Crippen molar-refractivity contribution in [2.75, 3.05) is 6.54 Å². The average molecular weight is 215 g/mol. The van der Waals surface area contributed by atoms with Gasteiger partial charge in [-0.1, -0.05) is 18.8 Å². The van der Waals surface area contributed by atoms with Crippen LogP contribution in [0.2, 0.25) is 0 Å². The predicted octanol–water partition coefficient (Wildman–Crippen LogP) is 1.85. The summed E-state index contributed by atoms with van der Waals surface area (Å²) in [4.78, 5) is 4.17. The van der Waals surface area contributed by atoms with Crippen molar-refractivity contribution >= 4 is 0 Å². The zero-order valence-electron chi connectivity index (χ0n) is 9.39. The molecule has 1 fully saturated rings. The molecule has 0 unspecified atom stereocenters. The minimum Gasteiger partial charge on any atom is -0.268 e. The average Bonchev–Trinajstić information content (AvgIpc) is 2.54. The molecular weight excluding hydrogens is 198 g/mol. The molecule has 0 aromatic carbocycles. The van der Waals surface area contributed by atoms with Crippen molar-refractivity contribution in [2.45, 2.75) is 31.7 Å². The van der Waals surface area contributed by atoms with Gasteiger partial charge in [-0.2, -0.15) is 0 Å². The molecule has 3 nitrogen and oxygen atoms in total. The first-order valence-corrected chi connectivity index (χ1v) is 5.74. The predicted molar refractivity (Wildman–Crippen MR) is 64.3 cm³/mol. The van der Waals surface area contributed by atoms with Crippen LogP contribution in [0.3, 0.4) is 0 Å². The molecule has 0 amide bonds. The van der Waals surface area contributed by atoms with Crippen LogP contribution in [-0.2, 0) is 0 Å². The van der Waals surface area contributed by atoms with Gasteiger partial charge in [0.15, 0.2) is 0 Å². The molecule has 3 heteroatoms. The van der Waals surface area contributed by atoms with E-state index >= 15 is 0 Å². The van der Waals surface area contributed by atoms with Gasteiger partial charge in [0.05, 0.1) is 6.04 Å². The molecule has 1 aliphatic rings. The molecule has 1 saturated heterocycles. The van der Waals surface area contributed by atoms with Crippen LogP contribution in [0.15, 0.2) is 18.5 Å². The van der Waals surface area contributed by atoms with E-state index in [1.54, 1.807) is 6.20 Å². The fourth-order valence-electron chi connectivity index (χ4n) is 2.21. The second kappa shape index (κ2) is 5.11. The van der Waals surface area contributed by atoms with E-state index in [0.29, 0.717) is 0 Å². The Morgan fingerprint density at radius 1 is 1.38 bits per heavy atom. The van der Waals surface area contributed by atoms with Crippen LogP contribution in [0.5, 0.6) is 0 Å². The minimum absolute atomic E-state index is 0.267. The molecule has 0 saturated carbocycles. The van der Waals surface area contributed by atoms with Crippen LogP contribution in [0.4, 0.5) is 0 Å². The van der Waals surface area contributed by atoms with Crippen molar-refractivity contribution in [3.63, 3.8) is 0 Å². The minimum atomic E-state index is 0.267. The van der Waals surface area contributed by atoms with Crippen LogP contribution in [0.1, 0.15) is 42.9 Å². The summed E-state index contributed by atoms with van der Waals surface area (Å²) in [6.07, 6.45) is 13.7. The van der Waals surface area contributed by atoms with Gasteiger partial charge in [-0.3, -0.25) is 10.8 Å². The molecule has 0 aliphatic carbocycles. The highest BCUT2D eigenvalue weighted by molar-refractivity contribution is 5.33. The number of nitrogens with zero attached hydrogens (tertiary/aromatic N) is 2. The lowest BCUT2D eigenvalue weighted by Gasteiger charge is -2.25. The molecule has 2 rings (SSSR count). The van der Waals surface area contributed by atoms with E-state index in [1.165, 1.54) is 19.3 Å². The van der Waals surface area contributed by atoms with E-state index in [0.717, 1.165) is 24.1 Å². The maximum atomic E-state index is 6.06. The Morgan fingerprint density at radius 3 is 3.06 bits per heavy atom. The van der Waals surface area contributed by atoms with Crippen molar-refractivity contribution in [2.24, 2.45) is 5.84 Å². The Hall–Kier alpha value is -1.37. The highest BCUT2D eigenvalue weighted by atomic mass is 15.4. The zero-order chi connectivity index (χ0) is 11.4. The quantitative estimate of drug-likeness (QED) is 0.574. The summed E-state index contributed by atoms with van der Waals surface area (Å²) in [5, 5.41) is 1.92. The second-order valence-electron chi connectivity index (χ2n) is 4.25. The highest BCUT2D eigenvalue weighted by Crippen LogP contribution is 2.27. The lowest BCUT2D eigenvalue weighted by molar-refractivity contribution is 0.206. The Balaban J connectivity index is 2.24. The lowest BCUT2D eigenvalue weighted by Crippen LogP contribution is -2.35. The monoisotopic (exact) mass is 215 g/mol. The Bertz CT molecular complexity index is 394. The maximum Gasteiger partial charge on any atom is 0.0506 e. The fourth-order valence-corrected chi connectivity index (χ4v) is 2.21. The summed E-state index contributed by atoms with van der Waals surface area (Å²) in [5.74, 6) is 8.67. The maximum absolute atomic E-state index is 6.06. The van der Waals surface area contributed by atoms with E-state index < -0.39 is 0 Å². The van der Waals surface area contributed by atoms with E-state index in [1.807, 2.05) is 17.3 Å².